The summed E-state index contributed by atoms with van der Waals surface area (Å²) in [6.45, 7) is 0. The van der Waals surface area contributed by atoms with Gasteiger partial charge in [0.1, 0.15) is 0 Å². The van der Waals surface area contributed by atoms with E-state index in [1.54, 1.807) is 12.1 Å². The Morgan fingerprint density at radius 2 is 1.94 bits per heavy atom. The third kappa shape index (κ3) is 1.83. The standard InChI is InChI=1S/C11H8N2O3/c14-10-9(11(15)16)12-6-8(13-10)7-4-2-1-3-5-7/h1-6H,(H,13,14)(H,15,16). The Morgan fingerprint density at radius 1 is 1.25 bits per heavy atom. The summed E-state index contributed by atoms with van der Waals surface area (Å²) in [6.07, 6.45) is 1.33. The normalized spacial score (nSPS) is 10.0. The molecule has 80 valence electrons. The molecule has 0 aliphatic rings. The molecular formula is C11H8N2O3. The fraction of sp³-hybridized carbons (Fsp3) is 0. The van der Waals surface area contributed by atoms with Crippen molar-refractivity contribution < 1.29 is 9.90 Å². The third-order valence-electron chi connectivity index (χ3n) is 2.07. The highest BCUT2D eigenvalue weighted by Crippen LogP contribution is 2.13. The van der Waals surface area contributed by atoms with Crippen molar-refractivity contribution in [2.24, 2.45) is 0 Å². The van der Waals surface area contributed by atoms with Gasteiger partial charge in [-0.15, -0.1) is 0 Å². The molecule has 0 aliphatic carbocycles. The predicted octanol–water partition coefficient (Wildman–Crippen LogP) is 1.14. The number of aromatic amines is 1. The molecular weight excluding hydrogens is 208 g/mol. The summed E-state index contributed by atoms with van der Waals surface area (Å²) in [4.78, 5) is 28.0. The van der Waals surface area contributed by atoms with Crippen LogP contribution in [0.15, 0.2) is 41.3 Å². The van der Waals surface area contributed by atoms with E-state index in [1.807, 2.05) is 18.2 Å². The Hall–Kier alpha value is -2.43. The van der Waals surface area contributed by atoms with Crippen LogP contribution in [0.2, 0.25) is 0 Å². The van der Waals surface area contributed by atoms with E-state index in [0.29, 0.717) is 5.69 Å². The molecule has 2 aromatic rings. The summed E-state index contributed by atoms with van der Waals surface area (Å²) < 4.78 is 0. The van der Waals surface area contributed by atoms with Crippen LogP contribution in [-0.2, 0) is 0 Å². The molecule has 5 nitrogen and oxygen atoms in total. The number of aromatic nitrogens is 2. The first-order valence-electron chi connectivity index (χ1n) is 4.56. The molecule has 0 unspecified atom stereocenters. The van der Waals surface area contributed by atoms with Crippen LogP contribution in [0.25, 0.3) is 11.3 Å². The van der Waals surface area contributed by atoms with Gasteiger partial charge in [0.2, 0.25) is 5.69 Å². The topological polar surface area (TPSA) is 83.0 Å². The lowest BCUT2D eigenvalue weighted by Crippen LogP contribution is -2.19. The van der Waals surface area contributed by atoms with E-state index in [4.69, 9.17) is 5.11 Å². The Labute approximate surface area is 90.4 Å². The minimum absolute atomic E-state index is 0.496. The third-order valence-corrected chi connectivity index (χ3v) is 2.07. The largest absolute Gasteiger partial charge is 0.476 e. The van der Waals surface area contributed by atoms with Crippen molar-refractivity contribution in [2.45, 2.75) is 0 Å². The maximum Gasteiger partial charge on any atom is 0.360 e. The van der Waals surface area contributed by atoms with E-state index in [2.05, 4.69) is 9.97 Å². The zero-order valence-electron chi connectivity index (χ0n) is 8.18. The lowest BCUT2D eigenvalue weighted by atomic mass is 10.2. The number of benzene rings is 1. The second kappa shape index (κ2) is 3.98. The van der Waals surface area contributed by atoms with Crippen molar-refractivity contribution >= 4 is 5.97 Å². The molecule has 16 heavy (non-hydrogen) atoms. The number of nitrogens with zero attached hydrogens (tertiary/aromatic N) is 1. The molecule has 5 heteroatoms. The highest BCUT2D eigenvalue weighted by atomic mass is 16.4. The maximum absolute atomic E-state index is 11.4. The first-order chi connectivity index (χ1) is 7.68. The van der Waals surface area contributed by atoms with Gasteiger partial charge in [-0.25, -0.2) is 9.78 Å². The van der Waals surface area contributed by atoms with Crippen LogP contribution in [0.3, 0.4) is 0 Å². The van der Waals surface area contributed by atoms with Crippen molar-refractivity contribution in [3.8, 4) is 11.3 Å². The Kier molecular flexibility index (Phi) is 2.51. The van der Waals surface area contributed by atoms with Crippen LogP contribution in [0.4, 0.5) is 0 Å². The number of hydrogen-bond donors (Lipinski definition) is 2. The lowest BCUT2D eigenvalue weighted by molar-refractivity contribution is 0.0688. The number of H-pyrrole nitrogens is 1. The molecule has 0 radical (unpaired) electrons. The fourth-order valence-corrected chi connectivity index (χ4v) is 1.32. The van der Waals surface area contributed by atoms with E-state index in [0.717, 1.165) is 5.56 Å². The molecule has 0 fully saturated rings. The molecule has 0 saturated heterocycles. The zero-order valence-corrected chi connectivity index (χ0v) is 8.18. The number of carbonyl (C=O) groups is 1. The Morgan fingerprint density at radius 3 is 2.50 bits per heavy atom. The van der Waals surface area contributed by atoms with Crippen molar-refractivity contribution in [1.82, 2.24) is 9.97 Å². The SMILES string of the molecule is O=C(O)c1ncc(-c2ccccc2)[nH]c1=O. The van der Waals surface area contributed by atoms with Gasteiger partial charge in [-0.05, 0) is 5.56 Å². The summed E-state index contributed by atoms with van der Waals surface area (Å²) in [5, 5.41) is 8.64. The quantitative estimate of drug-likeness (QED) is 0.788. The molecule has 0 spiro atoms. The minimum Gasteiger partial charge on any atom is -0.476 e. The van der Waals surface area contributed by atoms with E-state index in [9.17, 15) is 9.59 Å². The molecule has 0 bridgehead atoms. The average Bonchev–Trinajstić information content (AvgIpc) is 2.29. The van der Waals surface area contributed by atoms with E-state index >= 15 is 0 Å². The molecule has 2 rings (SSSR count). The minimum atomic E-state index is -1.33. The fourth-order valence-electron chi connectivity index (χ4n) is 1.32. The van der Waals surface area contributed by atoms with Crippen LogP contribution in [0.1, 0.15) is 10.5 Å². The highest BCUT2D eigenvalue weighted by molar-refractivity contribution is 5.85. The molecule has 0 amide bonds. The average molecular weight is 216 g/mol. The zero-order chi connectivity index (χ0) is 11.5. The molecule has 0 saturated carbocycles. The molecule has 1 aromatic carbocycles. The van der Waals surface area contributed by atoms with Gasteiger partial charge in [-0.1, -0.05) is 30.3 Å². The van der Waals surface area contributed by atoms with Crippen molar-refractivity contribution in [3.05, 3.63) is 52.6 Å². The van der Waals surface area contributed by atoms with Gasteiger partial charge in [0.05, 0.1) is 11.9 Å². The number of hydrogen-bond acceptors (Lipinski definition) is 3. The number of aromatic carboxylic acids is 1. The van der Waals surface area contributed by atoms with Crippen molar-refractivity contribution in [1.29, 1.82) is 0 Å². The van der Waals surface area contributed by atoms with E-state index in [1.165, 1.54) is 6.20 Å². The van der Waals surface area contributed by atoms with Crippen LogP contribution in [0.5, 0.6) is 0 Å². The summed E-state index contributed by atoms with van der Waals surface area (Å²) in [5.41, 5.74) is 0.0770. The van der Waals surface area contributed by atoms with E-state index in [-0.39, 0.29) is 0 Å². The van der Waals surface area contributed by atoms with Crippen molar-refractivity contribution in [3.63, 3.8) is 0 Å². The first-order valence-corrected chi connectivity index (χ1v) is 4.56. The number of carboxylic acids is 1. The van der Waals surface area contributed by atoms with Gasteiger partial charge < -0.3 is 10.1 Å². The predicted molar refractivity (Wildman–Crippen MR) is 57.3 cm³/mol. The molecule has 0 atom stereocenters. The highest BCUT2D eigenvalue weighted by Gasteiger charge is 2.10. The van der Waals surface area contributed by atoms with Gasteiger partial charge in [0.25, 0.3) is 5.56 Å². The van der Waals surface area contributed by atoms with Gasteiger partial charge in [-0.2, -0.15) is 0 Å². The van der Waals surface area contributed by atoms with Crippen molar-refractivity contribution in [2.75, 3.05) is 0 Å². The summed E-state index contributed by atoms with van der Waals surface area (Å²) >= 11 is 0. The molecule has 0 aliphatic heterocycles. The van der Waals surface area contributed by atoms with Crippen LogP contribution >= 0.6 is 0 Å². The summed E-state index contributed by atoms with van der Waals surface area (Å²) in [6, 6.07) is 9.08. The number of nitrogens with one attached hydrogen (secondary N) is 1. The van der Waals surface area contributed by atoms with E-state index < -0.39 is 17.2 Å². The Balaban J connectivity index is 2.51. The van der Waals surface area contributed by atoms with Gasteiger partial charge in [0.15, 0.2) is 0 Å². The number of rotatable bonds is 2. The molecule has 1 aromatic heterocycles. The first kappa shape index (κ1) is 10.1. The second-order valence-electron chi connectivity index (χ2n) is 3.15. The van der Waals surface area contributed by atoms with Crippen LogP contribution in [0, 0.1) is 0 Å². The summed E-state index contributed by atoms with van der Waals surface area (Å²) in [7, 11) is 0. The maximum atomic E-state index is 11.4. The second-order valence-corrected chi connectivity index (χ2v) is 3.15. The van der Waals surface area contributed by atoms with Gasteiger partial charge in [-0.3, -0.25) is 4.79 Å². The van der Waals surface area contributed by atoms with Crippen LogP contribution in [-0.4, -0.2) is 21.0 Å². The van der Waals surface area contributed by atoms with Gasteiger partial charge in [0, 0.05) is 0 Å². The molecule has 2 N–H and O–H groups in total. The molecule has 1 heterocycles. The monoisotopic (exact) mass is 216 g/mol. The van der Waals surface area contributed by atoms with Gasteiger partial charge >= 0.3 is 5.97 Å². The number of carboxylic acid groups (broad SMARTS) is 1. The summed E-state index contributed by atoms with van der Waals surface area (Å²) in [5.74, 6) is -1.33. The van der Waals surface area contributed by atoms with Crippen LogP contribution < -0.4 is 5.56 Å². The Bertz CT molecular complexity index is 575. The lowest BCUT2D eigenvalue weighted by Gasteiger charge is -2.00. The smallest absolute Gasteiger partial charge is 0.360 e.